The van der Waals surface area contributed by atoms with E-state index in [1.165, 1.54) is 0 Å². The maximum Gasteiger partial charge on any atom is 0.309 e. The van der Waals surface area contributed by atoms with Gasteiger partial charge < -0.3 is 19.3 Å². The van der Waals surface area contributed by atoms with E-state index in [-0.39, 0.29) is 24.2 Å². The number of amides is 1. The monoisotopic (exact) mass is 402 g/mol. The van der Waals surface area contributed by atoms with Crippen molar-refractivity contribution in [2.45, 2.75) is 32.7 Å². The zero-order chi connectivity index (χ0) is 20.6. The predicted molar refractivity (Wildman–Crippen MR) is 104 cm³/mol. The number of rotatable bonds is 8. The van der Waals surface area contributed by atoms with Gasteiger partial charge in [0.1, 0.15) is 5.75 Å². The average molecular weight is 402 g/mol. The number of ether oxygens (including phenoxy) is 2. The van der Waals surface area contributed by atoms with Crippen LogP contribution in [0.15, 0.2) is 28.8 Å². The van der Waals surface area contributed by atoms with Gasteiger partial charge in [0, 0.05) is 0 Å². The molecule has 0 unspecified atom stereocenters. The van der Waals surface area contributed by atoms with Crippen molar-refractivity contribution in [3.8, 4) is 5.75 Å². The lowest BCUT2D eigenvalue weighted by Gasteiger charge is -2.29. The Labute approximate surface area is 169 Å². The third kappa shape index (κ3) is 5.77. The van der Waals surface area contributed by atoms with E-state index in [4.69, 9.17) is 14.0 Å². The molecule has 0 spiro atoms. The predicted octanol–water partition coefficient (Wildman–Crippen LogP) is 2.03. The largest absolute Gasteiger partial charge is 0.495 e. The van der Waals surface area contributed by atoms with Gasteiger partial charge in [-0.15, -0.1) is 0 Å². The molecular weight excluding hydrogens is 376 g/mol. The third-order valence-electron chi connectivity index (χ3n) is 4.78. The number of esters is 1. The fraction of sp³-hybridized carbons (Fsp3) is 0.500. The lowest BCUT2D eigenvalue weighted by atomic mass is 9.97. The first-order valence-corrected chi connectivity index (χ1v) is 9.72. The van der Waals surface area contributed by atoms with E-state index >= 15 is 0 Å². The van der Waals surface area contributed by atoms with Crippen LogP contribution in [0.25, 0.3) is 0 Å². The van der Waals surface area contributed by atoms with Crippen LogP contribution >= 0.6 is 0 Å². The van der Waals surface area contributed by atoms with Gasteiger partial charge in [-0.05, 0) is 45.0 Å². The van der Waals surface area contributed by atoms with Crippen molar-refractivity contribution in [2.24, 2.45) is 5.92 Å². The Morgan fingerprint density at radius 2 is 2.03 bits per heavy atom. The number of aromatic nitrogens is 2. The van der Waals surface area contributed by atoms with Crippen LogP contribution in [0, 0.1) is 5.92 Å². The highest BCUT2D eigenvalue weighted by atomic mass is 16.5. The molecule has 0 radical (unpaired) electrons. The van der Waals surface area contributed by atoms with Crippen molar-refractivity contribution in [1.29, 1.82) is 0 Å². The number of nitrogens with one attached hydrogen (secondary N) is 1. The maximum atomic E-state index is 12.3. The Kier molecular flexibility index (Phi) is 7.18. The molecule has 0 aliphatic carbocycles. The lowest BCUT2D eigenvalue weighted by Crippen LogP contribution is -2.36. The summed E-state index contributed by atoms with van der Waals surface area (Å²) in [5.41, 5.74) is 0.591. The standard InChI is InChI=1S/C20H26N4O5/c1-3-28-20(26)14-8-10-24(11-9-14)13-19-22-17(23-29-19)12-18(25)21-15-6-4-5-7-16(15)27-2/h4-7,14H,3,8-13H2,1-2H3,(H,21,25). The van der Waals surface area contributed by atoms with Crippen LogP contribution in [0.2, 0.25) is 0 Å². The molecule has 9 nitrogen and oxygen atoms in total. The second-order valence-corrected chi connectivity index (χ2v) is 6.83. The molecular formula is C20H26N4O5. The van der Waals surface area contributed by atoms with Crippen LogP contribution in [0.3, 0.4) is 0 Å². The number of benzene rings is 1. The number of nitrogens with zero attached hydrogens (tertiary/aromatic N) is 3. The highest BCUT2D eigenvalue weighted by Gasteiger charge is 2.26. The molecule has 1 saturated heterocycles. The number of likely N-dealkylation sites (tertiary alicyclic amines) is 1. The normalized spacial score (nSPS) is 15.1. The van der Waals surface area contributed by atoms with Gasteiger partial charge in [0.05, 0.1) is 38.3 Å². The quantitative estimate of drug-likeness (QED) is 0.669. The third-order valence-corrected chi connectivity index (χ3v) is 4.78. The molecule has 9 heteroatoms. The van der Waals surface area contributed by atoms with E-state index in [1.54, 1.807) is 19.2 Å². The molecule has 1 amide bonds. The highest BCUT2D eigenvalue weighted by Crippen LogP contribution is 2.23. The Hall–Kier alpha value is -2.94. The Bertz CT molecular complexity index is 830. The molecule has 1 fully saturated rings. The number of hydrogen-bond acceptors (Lipinski definition) is 8. The molecule has 0 atom stereocenters. The summed E-state index contributed by atoms with van der Waals surface area (Å²) in [6.45, 7) is 4.24. The van der Waals surface area contributed by atoms with Crippen molar-refractivity contribution in [3.63, 3.8) is 0 Å². The molecule has 1 aliphatic heterocycles. The summed E-state index contributed by atoms with van der Waals surface area (Å²) in [5.74, 6) is 0.961. The molecule has 3 rings (SSSR count). The lowest BCUT2D eigenvalue weighted by molar-refractivity contribution is -0.149. The average Bonchev–Trinajstić information content (AvgIpc) is 3.15. The van der Waals surface area contributed by atoms with Crippen molar-refractivity contribution in [1.82, 2.24) is 15.0 Å². The van der Waals surface area contributed by atoms with Crippen molar-refractivity contribution in [3.05, 3.63) is 36.0 Å². The van der Waals surface area contributed by atoms with Crippen LogP contribution in [-0.2, 0) is 27.3 Å². The number of piperidine rings is 1. The van der Waals surface area contributed by atoms with Gasteiger partial charge in [-0.3, -0.25) is 14.5 Å². The Morgan fingerprint density at radius 1 is 1.28 bits per heavy atom. The molecule has 1 aromatic heterocycles. The summed E-state index contributed by atoms with van der Waals surface area (Å²) in [7, 11) is 1.55. The maximum absolute atomic E-state index is 12.3. The van der Waals surface area contributed by atoms with Crippen LogP contribution < -0.4 is 10.1 Å². The van der Waals surface area contributed by atoms with E-state index < -0.39 is 0 Å². The minimum atomic E-state index is -0.253. The van der Waals surface area contributed by atoms with E-state index in [1.807, 2.05) is 19.1 Å². The minimum absolute atomic E-state index is 0.00643. The number of methoxy groups -OCH3 is 1. The van der Waals surface area contributed by atoms with E-state index in [0.29, 0.717) is 36.3 Å². The topological polar surface area (TPSA) is 107 Å². The summed E-state index contributed by atoms with van der Waals surface area (Å²) in [6, 6.07) is 7.18. The summed E-state index contributed by atoms with van der Waals surface area (Å²) in [5, 5.41) is 6.68. The molecule has 2 heterocycles. The van der Waals surface area contributed by atoms with E-state index in [2.05, 4.69) is 20.4 Å². The van der Waals surface area contributed by atoms with Gasteiger partial charge >= 0.3 is 5.97 Å². The molecule has 1 aromatic carbocycles. The first-order chi connectivity index (χ1) is 14.1. The van der Waals surface area contributed by atoms with Crippen LogP contribution in [-0.4, -0.2) is 53.7 Å². The van der Waals surface area contributed by atoms with Gasteiger partial charge in [-0.1, -0.05) is 17.3 Å². The second kappa shape index (κ2) is 10.0. The van der Waals surface area contributed by atoms with Crippen LogP contribution in [0.4, 0.5) is 5.69 Å². The van der Waals surface area contributed by atoms with E-state index in [9.17, 15) is 9.59 Å². The molecule has 2 aromatic rings. The Morgan fingerprint density at radius 3 is 2.76 bits per heavy atom. The fourth-order valence-electron chi connectivity index (χ4n) is 3.29. The van der Waals surface area contributed by atoms with Crippen molar-refractivity contribution < 1.29 is 23.6 Å². The molecule has 29 heavy (non-hydrogen) atoms. The number of hydrogen-bond donors (Lipinski definition) is 1. The molecule has 156 valence electrons. The molecule has 0 saturated carbocycles. The molecule has 1 N–H and O–H groups in total. The second-order valence-electron chi connectivity index (χ2n) is 6.83. The van der Waals surface area contributed by atoms with Crippen LogP contribution in [0.1, 0.15) is 31.5 Å². The minimum Gasteiger partial charge on any atom is -0.495 e. The molecule has 1 aliphatic rings. The van der Waals surface area contributed by atoms with E-state index in [0.717, 1.165) is 25.9 Å². The highest BCUT2D eigenvalue weighted by molar-refractivity contribution is 5.93. The van der Waals surface area contributed by atoms with Crippen molar-refractivity contribution >= 4 is 17.6 Å². The van der Waals surface area contributed by atoms with Gasteiger partial charge in [-0.2, -0.15) is 4.98 Å². The van der Waals surface area contributed by atoms with Crippen LogP contribution in [0.5, 0.6) is 5.75 Å². The smallest absolute Gasteiger partial charge is 0.309 e. The first kappa shape index (κ1) is 20.8. The summed E-state index contributed by atoms with van der Waals surface area (Å²) in [4.78, 5) is 30.5. The fourth-order valence-corrected chi connectivity index (χ4v) is 3.29. The van der Waals surface area contributed by atoms with Gasteiger partial charge in [0.25, 0.3) is 0 Å². The van der Waals surface area contributed by atoms with Crippen molar-refractivity contribution in [2.75, 3.05) is 32.1 Å². The zero-order valence-electron chi connectivity index (χ0n) is 16.7. The zero-order valence-corrected chi connectivity index (χ0v) is 16.7. The van der Waals surface area contributed by atoms with Gasteiger partial charge in [-0.25, -0.2) is 0 Å². The summed E-state index contributed by atoms with van der Waals surface area (Å²) in [6.07, 6.45) is 1.51. The number of anilines is 1. The number of carbonyl (C=O) groups excluding carboxylic acids is 2. The summed E-state index contributed by atoms with van der Waals surface area (Å²) >= 11 is 0. The number of carbonyl (C=O) groups is 2. The van der Waals surface area contributed by atoms with Gasteiger partial charge in [0.15, 0.2) is 5.82 Å². The molecule has 0 bridgehead atoms. The SMILES string of the molecule is CCOC(=O)C1CCN(Cc2nc(CC(=O)Nc3ccccc3OC)no2)CC1. The Balaban J connectivity index is 1.47. The number of para-hydroxylation sites is 2. The van der Waals surface area contributed by atoms with Gasteiger partial charge in [0.2, 0.25) is 11.8 Å². The summed E-state index contributed by atoms with van der Waals surface area (Å²) < 4.78 is 15.6. The first-order valence-electron chi connectivity index (χ1n) is 9.72.